The summed E-state index contributed by atoms with van der Waals surface area (Å²) in [6, 6.07) is 1.19. The van der Waals surface area contributed by atoms with Crippen LogP contribution in [0.25, 0.3) is 0 Å². The van der Waals surface area contributed by atoms with Gasteiger partial charge >= 0.3 is 6.03 Å². The van der Waals surface area contributed by atoms with Gasteiger partial charge in [0.25, 0.3) is 0 Å². The van der Waals surface area contributed by atoms with E-state index >= 15 is 0 Å². The molecule has 4 N–H and O–H groups in total. The summed E-state index contributed by atoms with van der Waals surface area (Å²) in [5, 5.41) is 5.87. The highest BCUT2D eigenvalue weighted by molar-refractivity contribution is 5.72. The van der Waals surface area contributed by atoms with Crippen LogP contribution in [0, 0.1) is 0 Å². The molecule has 11 heavy (non-hydrogen) atoms. The zero-order chi connectivity index (χ0) is 8.10. The van der Waals surface area contributed by atoms with Gasteiger partial charge in [0, 0.05) is 6.07 Å². The second-order valence-corrected chi connectivity index (χ2v) is 1.81. The van der Waals surface area contributed by atoms with Gasteiger partial charge in [-0.25, -0.2) is 10.6 Å². The van der Waals surface area contributed by atoms with Crippen LogP contribution in [-0.4, -0.2) is 11.2 Å². The first-order valence-electron chi connectivity index (χ1n) is 2.97. The molecule has 1 heterocycles. The summed E-state index contributed by atoms with van der Waals surface area (Å²) < 4.78 is 4.70. The first-order valence-corrected chi connectivity index (χ1v) is 2.97. The van der Waals surface area contributed by atoms with Crippen molar-refractivity contribution in [2.75, 3.05) is 0 Å². The van der Waals surface area contributed by atoms with Gasteiger partial charge in [0.15, 0.2) is 5.76 Å². The van der Waals surface area contributed by atoms with E-state index in [1.165, 1.54) is 6.20 Å². The normalized spacial score (nSPS) is 9.18. The molecule has 1 aromatic heterocycles. The summed E-state index contributed by atoms with van der Waals surface area (Å²) in [4.78, 5) is 10.5. The van der Waals surface area contributed by atoms with Crippen LogP contribution in [0.4, 0.5) is 4.79 Å². The van der Waals surface area contributed by atoms with Crippen molar-refractivity contribution in [3.8, 4) is 0 Å². The highest BCUT2D eigenvalue weighted by atomic mass is 16.5. The molecule has 0 spiro atoms. The Morgan fingerprint density at radius 1 is 1.82 bits per heavy atom. The minimum absolute atomic E-state index is 0.281. The summed E-state index contributed by atoms with van der Waals surface area (Å²) in [6.45, 7) is 0.281. The third-order valence-corrected chi connectivity index (χ3v) is 1.05. The van der Waals surface area contributed by atoms with Crippen molar-refractivity contribution in [1.29, 1.82) is 0 Å². The molecule has 0 aliphatic heterocycles. The number of nitrogens with two attached hydrogens (primary N) is 1. The van der Waals surface area contributed by atoms with Crippen LogP contribution in [0.3, 0.4) is 0 Å². The third kappa shape index (κ3) is 2.26. The van der Waals surface area contributed by atoms with E-state index in [0.29, 0.717) is 5.76 Å². The quantitative estimate of drug-likeness (QED) is 0.301. The maximum atomic E-state index is 10.5. The number of aromatic nitrogens is 1. The fraction of sp³-hybridized carbons (Fsp3) is 0.200. The van der Waals surface area contributed by atoms with Crippen molar-refractivity contribution in [3.05, 3.63) is 18.0 Å². The van der Waals surface area contributed by atoms with Gasteiger partial charge in [-0.2, -0.15) is 0 Å². The number of hydrogen-bond acceptors (Lipinski definition) is 4. The van der Waals surface area contributed by atoms with Crippen molar-refractivity contribution in [2.24, 2.45) is 5.84 Å². The van der Waals surface area contributed by atoms with Gasteiger partial charge in [-0.3, -0.25) is 5.43 Å². The Kier molecular flexibility index (Phi) is 2.45. The van der Waals surface area contributed by atoms with Crippen molar-refractivity contribution in [3.63, 3.8) is 0 Å². The van der Waals surface area contributed by atoms with Gasteiger partial charge in [0.1, 0.15) is 0 Å². The zero-order valence-electron chi connectivity index (χ0n) is 5.70. The largest absolute Gasteiger partial charge is 0.360 e. The van der Waals surface area contributed by atoms with E-state index < -0.39 is 6.03 Å². The number of nitrogens with zero attached hydrogens (tertiary/aromatic N) is 1. The van der Waals surface area contributed by atoms with Gasteiger partial charge in [0.2, 0.25) is 0 Å². The predicted octanol–water partition coefficient (Wildman–Crippen LogP) is -0.653. The molecule has 1 aromatic rings. The molecular weight excluding hydrogens is 148 g/mol. The summed E-state index contributed by atoms with van der Waals surface area (Å²) in [7, 11) is 0. The second kappa shape index (κ2) is 3.57. The third-order valence-electron chi connectivity index (χ3n) is 1.05. The maximum Gasteiger partial charge on any atom is 0.329 e. The molecule has 0 aromatic carbocycles. The molecule has 0 bridgehead atoms. The lowest BCUT2D eigenvalue weighted by molar-refractivity contribution is 0.239. The number of urea groups is 1. The van der Waals surface area contributed by atoms with E-state index in [2.05, 4.69) is 10.5 Å². The molecule has 0 saturated carbocycles. The van der Waals surface area contributed by atoms with Gasteiger partial charge < -0.3 is 9.84 Å². The molecule has 0 fully saturated rings. The topological polar surface area (TPSA) is 93.2 Å². The minimum Gasteiger partial charge on any atom is -0.360 e. The first-order chi connectivity index (χ1) is 5.33. The summed E-state index contributed by atoms with van der Waals surface area (Å²) >= 11 is 0. The van der Waals surface area contributed by atoms with Crippen LogP contribution >= 0.6 is 0 Å². The number of hydrazine groups is 1. The fourth-order valence-electron chi connectivity index (χ4n) is 0.552. The number of amides is 2. The molecule has 0 aliphatic rings. The van der Waals surface area contributed by atoms with Crippen molar-refractivity contribution in [1.82, 2.24) is 15.9 Å². The highest BCUT2D eigenvalue weighted by Crippen LogP contribution is 1.93. The van der Waals surface area contributed by atoms with Crippen LogP contribution in [0.5, 0.6) is 0 Å². The monoisotopic (exact) mass is 156 g/mol. The fourth-order valence-corrected chi connectivity index (χ4v) is 0.552. The maximum absolute atomic E-state index is 10.5. The number of hydrogen-bond donors (Lipinski definition) is 3. The van der Waals surface area contributed by atoms with Crippen molar-refractivity contribution < 1.29 is 9.32 Å². The van der Waals surface area contributed by atoms with E-state index in [1.54, 1.807) is 6.07 Å². The summed E-state index contributed by atoms with van der Waals surface area (Å²) in [5.74, 6) is 5.38. The molecule has 0 radical (unpaired) electrons. The number of carbonyl (C=O) groups excluding carboxylic acids is 1. The molecule has 1 rings (SSSR count). The van der Waals surface area contributed by atoms with E-state index in [1.807, 2.05) is 5.43 Å². The molecule has 6 heteroatoms. The van der Waals surface area contributed by atoms with Gasteiger partial charge in [0.05, 0.1) is 12.7 Å². The molecule has 0 saturated heterocycles. The molecular formula is C5H8N4O2. The molecule has 0 unspecified atom stereocenters. The predicted molar refractivity (Wildman–Crippen MR) is 36.1 cm³/mol. The zero-order valence-corrected chi connectivity index (χ0v) is 5.70. The lowest BCUT2D eigenvalue weighted by Crippen LogP contribution is -2.39. The number of nitrogens with one attached hydrogen (secondary N) is 2. The Labute approximate surface area is 62.7 Å². The van der Waals surface area contributed by atoms with Gasteiger partial charge in [-0.1, -0.05) is 5.16 Å². The highest BCUT2D eigenvalue weighted by Gasteiger charge is 1.98. The molecule has 60 valence electrons. The summed E-state index contributed by atoms with van der Waals surface area (Å²) in [5.41, 5.74) is 1.92. The van der Waals surface area contributed by atoms with Crippen LogP contribution in [0.2, 0.25) is 0 Å². The molecule has 6 nitrogen and oxygen atoms in total. The van der Waals surface area contributed by atoms with Crippen LogP contribution in [0.15, 0.2) is 16.8 Å². The lowest BCUT2D eigenvalue weighted by Gasteiger charge is -1.98. The van der Waals surface area contributed by atoms with Crippen molar-refractivity contribution in [2.45, 2.75) is 6.54 Å². The van der Waals surface area contributed by atoms with Crippen molar-refractivity contribution >= 4 is 6.03 Å². The van der Waals surface area contributed by atoms with E-state index in [4.69, 9.17) is 10.4 Å². The Morgan fingerprint density at radius 3 is 3.18 bits per heavy atom. The minimum atomic E-state index is -0.457. The Balaban J connectivity index is 2.29. The summed E-state index contributed by atoms with van der Waals surface area (Å²) in [6.07, 6.45) is 1.50. The Hall–Kier alpha value is -1.56. The standard InChI is InChI=1S/C5H8N4O2/c6-9-5(10)7-3-4-1-2-8-11-4/h1-2H,3,6H2,(H2,7,9,10). The van der Waals surface area contributed by atoms with Gasteiger partial charge in [-0.05, 0) is 0 Å². The van der Waals surface area contributed by atoms with Crippen LogP contribution in [-0.2, 0) is 6.54 Å². The molecule has 2 amide bonds. The second-order valence-electron chi connectivity index (χ2n) is 1.81. The average Bonchev–Trinajstić information content (AvgIpc) is 2.52. The Morgan fingerprint density at radius 2 is 2.64 bits per heavy atom. The van der Waals surface area contributed by atoms with Crippen LogP contribution in [0.1, 0.15) is 5.76 Å². The number of carbonyl (C=O) groups is 1. The van der Waals surface area contributed by atoms with E-state index in [0.717, 1.165) is 0 Å². The van der Waals surface area contributed by atoms with Gasteiger partial charge in [-0.15, -0.1) is 0 Å². The first kappa shape index (κ1) is 7.55. The van der Waals surface area contributed by atoms with E-state index in [9.17, 15) is 4.79 Å². The van der Waals surface area contributed by atoms with Crippen LogP contribution < -0.4 is 16.6 Å². The molecule has 0 atom stereocenters. The Bertz CT molecular complexity index is 220. The number of rotatable bonds is 2. The molecule has 0 aliphatic carbocycles. The lowest BCUT2D eigenvalue weighted by atomic mass is 10.5. The van der Waals surface area contributed by atoms with E-state index in [-0.39, 0.29) is 6.54 Å². The average molecular weight is 156 g/mol. The smallest absolute Gasteiger partial charge is 0.329 e. The SMILES string of the molecule is NNC(=O)NCc1ccno1.